The van der Waals surface area contributed by atoms with Crippen LogP contribution in [0.25, 0.3) is 21.9 Å². The monoisotopic (exact) mass is 476 g/mol. The highest BCUT2D eigenvalue weighted by Crippen LogP contribution is 2.31. The molecule has 0 saturated heterocycles. The number of nitrogens with one attached hydrogen (secondary N) is 2. The maximum absolute atomic E-state index is 13.0. The number of fused-ring (bicyclic) bond motifs is 2. The van der Waals surface area contributed by atoms with Crippen LogP contribution in [0.15, 0.2) is 57.9 Å². The van der Waals surface area contributed by atoms with Crippen LogP contribution in [0.2, 0.25) is 0 Å². The lowest BCUT2D eigenvalue weighted by molar-refractivity contribution is -0.142. The molecule has 4 aromatic rings. The Morgan fingerprint density at radius 1 is 1.17 bits per heavy atom. The molecular weight excluding hydrogens is 448 g/mol. The van der Waals surface area contributed by atoms with Gasteiger partial charge in [-0.3, -0.25) is 4.79 Å². The lowest BCUT2D eigenvalue weighted by Gasteiger charge is -2.20. The zero-order valence-electron chi connectivity index (χ0n) is 19.9. The van der Waals surface area contributed by atoms with Crippen molar-refractivity contribution in [3.8, 4) is 5.75 Å². The van der Waals surface area contributed by atoms with Crippen molar-refractivity contribution in [2.24, 2.45) is 0 Å². The van der Waals surface area contributed by atoms with E-state index in [0.717, 1.165) is 34.0 Å². The van der Waals surface area contributed by atoms with Gasteiger partial charge < -0.3 is 24.6 Å². The molecule has 0 aliphatic carbocycles. The molecule has 0 radical (unpaired) electrons. The SMILES string of the molecule is CCCc1cc(=O)oc2cc(C)cc(O[C@@H](C)C(=O)N[C@@H](Cc3c[nH]c4ccccc34)C(=O)O)c12. The van der Waals surface area contributed by atoms with Crippen molar-refractivity contribution < 1.29 is 23.8 Å². The molecular formula is C27H28N2O6. The zero-order valence-corrected chi connectivity index (χ0v) is 19.9. The van der Waals surface area contributed by atoms with Crippen molar-refractivity contribution in [2.45, 2.75) is 52.2 Å². The van der Waals surface area contributed by atoms with Crippen LogP contribution in [0, 0.1) is 6.92 Å². The predicted octanol–water partition coefficient (Wildman–Crippen LogP) is 4.11. The van der Waals surface area contributed by atoms with E-state index in [0.29, 0.717) is 23.1 Å². The fraction of sp³-hybridized carbons (Fsp3) is 0.296. The molecule has 2 aromatic carbocycles. The summed E-state index contributed by atoms with van der Waals surface area (Å²) in [6.45, 7) is 5.41. The van der Waals surface area contributed by atoms with E-state index in [2.05, 4.69) is 10.3 Å². The van der Waals surface area contributed by atoms with Gasteiger partial charge in [-0.05, 0) is 55.2 Å². The third-order valence-corrected chi connectivity index (χ3v) is 5.94. The first-order valence-corrected chi connectivity index (χ1v) is 11.6. The first kappa shape index (κ1) is 24.1. The largest absolute Gasteiger partial charge is 0.480 e. The van der Waals surface area contributed by atoms with Crippen molar-refractivity contribution in [3.63, 3.8) is 0 Å². The number of rotatable bonds is 9. The Balaban J connectivity index is 1.56. The highest BCUT2D eigenvalue weighted by Gasteiger charge is 2.26. The Kier molecular flexibility index (Phi) is 6.91. The number of aryl methyl sites for hydroxylation is 2. The summed E-state index contributed by atoms with van der Waals surface area (Å²) in [5, 5.41) is 13.9. The van der Waals surface area contributed by atoms with Crippen LogP contribution < -0.4 is 15.7 Å². The number of carboxylic acids is 1. The topological polar surface area (TPSA) is 122 Å². The summed E-state index contributed by atoms with van der Waals surface area (Å²) in [5.41, 5.74) is 3.24. The molecule has 0 unspecified atom stereocenters. The zero-order chi connectivity index (χ0) is 25.1. The predicted molar refractivity (Wildman–Crippen MR) is 133 cm³/mol. The van der Waals surface area contributed by atoms with Crippen LogP contribution in [0.4, 0.5) is 0 Å². The molecule has 8 nitrogen and oxygen atoms in total. The van der Waals surface area contributed by atoms with Gasteiger partial charge in [-0.25, -0.2) is 9.59 Å². The lowest BCUT2D eigenvalue weighted by atomic mass is 10.0. The van der Waals surface area contributed by atoms with Crippen molar-refractivity contribution in [2.75, 3.05) is 0 Å². The summed E-state index contributed by atoms with van der Waals surface area (Å²) in [6, 6.07) is 11.4. The van der Waals surface area contributed by atoms with Crippen molar-refractivity contribution in [3.05, 3.63) is 75.8 Å². The summed E-state index contributed by atoms with van der Waals surface area (Å²) < 4.78 is 11.4. The number of carboxylic acid groups (broad SMARTS) is 1. The summed E-state index contributed by atoms with van der Waals surface area (Å²) in [5.74, 6) is -1.27. The van der Waals surface area contributed by atoms with E-state index in [1.54, 1.807) is 25.3 Å². The Morgan fingerprint density at radius 3 is 2.69 bits per heavy atom. The molecule has 0 aliphatic rings. The van der Waals surface area contributed by atoms with Crippen LogP contribution in [-0.4, -0.2) is 34.1 Å². The van der Waals surface area contributed by atoms with E-state index in [-0.39, 0.29) is 6.42 Å². The van der Waals surface area contributed by atoms with E-state index >= 15 is 0 Å². The first-order chi connectivity index (χ1) is 16.8. The number of ether oxygens (including phenoxy) is 1. The quantitative estimate of drug-likeness (QED) is 0.313. The lowest BCUT2D eigenvalue weighted by Crippen LogP contribution is -2.47. The average molecular weight is 477 g/mol. The number of hydrogen-bond donors (Lipinski definition) is 3. The summed E-state index contributed by atoms with van der Waals surface area (Å²) in [7, 11) is 0. The molecule has 2 heterocycles. The second-order valence-electron chi connectivity index (χ2n) is 8.70. The van der Waals surface area contributed by atoms with Gasteiger partial charge >= 0.3 is 11.6 Å². The Hall–Kier alpha value is -4.07. The van der Waals surface area contributed by atoms with Crippen LogP contribution >= 0.6 is 0 Å². The highest BCUT2D eigenvalue weighted by atomic mass is 16.5. The van der Waals surface area contributed by atoms with Gasteiger partial charge in [-0.2, -0.15) is 0 Å². The van der Waals surface area contributed by atoms with Crippen LogP contribution in [0.5, 0.6) is 5.75 Å². The molecule has 8 heteroatoms. The second kappa shape index (κ2) is 10.0. The fourth-order valence-corrected chi connectivity index (χ4v) is 4.28. The number of aliphatic carboxylic acids is 1. The van der Waals surface area contributed by atoms with Gasteiger partial charge in [-0.15, -0.1) is 0 Å². The van der Waals surface area contributed by atoms with E-state index < -0.39 is 29.6 Å². The molecule has 35 heavy (non-hydrogen) atoms. The number of aromatic nitrogens is 1. The van der Waals surface area contributed by atoms with Crippen LogP contribution in [0.1, 0.15) is 37.0 Å². The number of para-hydroxylation sites is 1. The van der Waals surface area contributed by atoms with Crippen molar-refractivity contribution in [1.82, 2.24) is 10.3 Å². The smallest absolute Gasteiger partial charge is 0.336 e. The fourth-order valence-electron chi connectivity index (χ4n) is 4.28. The molecule has 0 saturated carbocycles. The third kappa shape index (κ3) is 5.21. The number of aromatic amines is 1. The average Bonchev–Trinajstić information content (AvgIpc) is 3.20. The van der Waals surface area contributed by atoms with Gasteiger partial charge in [0.25, 0.3) is 5.91 Å². The molecule has 0 bridgehead atoms. The molecule has 3 N–H and O–H groups in total. The highest BCUT2D eigenvalue weighted by molar-refractivity contribution is 5.90. The minimum absolute atomic E-state index is 0.122. The molecule has 182 valence electrons. The standard InChI is InChI=1S/C27H28N2O6/c1-4-7-17-13-24(30)35-23-11-15(2)10-22(25(17)23)34-16(3)26(31)29-21(27(32)33)12-18-14-28-20-9-6-5-8-19(18)20/h5-6,8-11,13-14,16,21,28H,4,7,12H2,1-3H3,(H,29,31)(H,32,33)/t16-,21-/m0/s1. The van der Waals surface area contributed by atoms with Crippen molar-refractivity contribution in [1.29, 1.82) is 0 Å². The normalized spacial score (nSPS) is 13.0. The molecule has 0 aliphatic heterocycles. The minimum atomic E-state index is -1.14. The van der Waals surface area contributed by atoms with Gasteiger partial charge in [-0.1, -0.05) is 31.5 Å². The molecule has 4 rings (SSSR count). The van der Waals surface area contributed by atoms with E-state index in [1.165, 1.54) is 6.07 Å². The number of carbonyl (C=O) groups is 2. The van der Waals surface area contributed by atoms with Crippen molar-refractivity contribution >= 4 is 33.7 Å². The third-order valence-electron chi connectivity index (χ3n) is 5.94. The minimum Gasteiger partial charge on any atom is -0.480 e. The Bertz CT molecular complexity index is 1450. The number of amides is 1. The number of benzene rings is 2. The molecule has 2 atom stereocenters. The molecule has 1 amide bonds. The van der Waals surface area contributed by atoms with Gasteiger partial charge in [0.1, 0.15) is 17.4 Å². The molecule has 0 spiro atoms. The maximum atomic E-state index is 13.0. The first-order valence-electron chi connectivity index (χ1n) is 11.6. The summed E-state index contributed by atoms with van der Waals surface area (Å²) >= 11 is 0. The van der Waals surface area contributed by atoms with E-state index in [4.69, 9.17) is 9.15 Å². The number of hydrogen-bond acceptors (Lipinski definition) is 5. The maximum Gasteiger partial charge on any atom is 0.336 e. The molecule has 2 aromatic heterocycles. The van der Waals surface area contributed by atoms with E-state index in [9.17, 15) is 19.5 Å². The van der Waals surface area contributed by atoms with E-state index in [1.807, 2.05) is 38.1 Å². The Labute approximate surface area is 201 Å². The van der Waals surface area contributed by atoms with Gasteiger partial charge in [0.05, 0.1) is 5.39 Å². The molecule has 0 fully saturated rings. The van der Waals surface area contributed by atoms with Gasteiger partial charge in [0, 0.05) is 29.6 Å². The number of H-pyrrole nitrogens is 1. The van der Waals surface area contributed by atoms with Crippen LogP contribution in [-0.2, 0) is 22.4 Å². The van der Waals surface area contributed by atoms with Crippen LogP contribution in [0.3, 0.4) is 0 Å². The summed E-state index contributed by atoms with van der Waals surface area (Å²) in [4.78, 5) is 40.0. The Morgan fingerprint density at radius 2 is 1.94 bits per heavy atom. The summed E-state index contributed by atoms with van der Waals surface area (Å²) in [6.07, 6.45) is 2.36. The second-order valence-corrected chi connectivity index (χ2v) is 8.70. The van der Waals surface area contributed by atoms with Gasteiger partial charge in [0.15, 0.2) is 6.10 Å². The van der Waals surface area contributed by atoms with Gasteiger partial charge in [0.2, 0.25) is 0 Å². The number of carbonyl (C=O) groups excluding carboxylic acids is 1.